The highest BCUT2D eigenvalue weighted by Gasteiger charge is 2.18. The second kappa shape index (κ2) is 5.14. The van der Waals surface area contributed by atoms with E-state index in [0.717, 1.165) is 16.9 Å². The lowest BCUT2D eigenvalue weighted by Crippen LogP contribution is -2.23. The molecule has 2 heterocycles. The summed E-state index contributed by atoms with van der Waals surface area (Å²) in [6, 6.07) is 1.54. The van der Waals surface area contributed by atoms with Crippen LogP contribution in [-0.4, -0.2) is 28.7 Å². The number of aliphatic hydroxyl groups is 1. The quantitative estimate of drug-likeness (QED) is 0.725. The molecular formula is C9H12N4O3S2. The van der Waals surface area contributed by atoms with E-state index in [2.05, 4.69) is 19.9 Å². The zero-order valence-corrected chi connectivity index (χ0v) is 11.2. The maximum absolute atomic E-state index is 12.0. The molecule has 0 saturated carbocycles. The van der Waals surface area contributed by atoms with Gasteiger partial charge in [0.25, 0.3) is 0 Å². The molecular weight excluding hydrogens is 276 g/mol. The summed E-state index contributed by atoms with van der Waals surface area (Å²) in [6.07, 6.45) is 1.31. The van der Waals surface area contributed by atoms with E-state index in [9.17, 15) is 8.42 Å². The Morgan fingerprint density at radius 3 is 2.89 bits per heavy atom. The lowest BCUT2D eigenvalue weighted by Gasteiger charge is -2.01. The minimum Gasteiger partial charge on any atom is -0.391 e. The van der Waals surface area contributed by atoms with E-state index in [-0.39, 0.29) is 17.4 Å². The van der Waals surface area contributed by atoms with Crippen LogP contribution in [0.4, 0.5) is 0 Å². The molecule has 0 atom stereocenters. The van der Waals surface area contributed by atoms with Crippen LogP contribution in [0.25, 0.3) is 0 Å². The number of hydrogen-bond donors (Lipinski definition) is 3. The second-order valence-corrected chi connectivity index (χ2v) is 6.72. The highest BCUT2D eigenvalue weighted by Crippen LogP contribution is 2.25. The molecule has 2 aromatic heterocycles. The van der Waals surface area contributed by atoms with Gasteiger partial charge in [-0.1, -0.05) is 0 Å². The van der Waals surface area contributed by atoms with Gasteiger partial charge in [0.15, 0.2) is 0 Å². The smallest absolute Gasteiger partial charge is 0.250 e. The average Bonchev–Trinajstić information content (AvgIpc) is 2.95. The highest BCUT2D eigenvalue weighted by atomic mass is 32.2. The van der Waals surface area contributed by atoms with Crippen LogP contribution in [0.1, 0.15) is 16.3 Å². The van der Waals surface area contributed by atoms with Gasteiger partial charge in [0.05, 0.1) is 13.2 Å². The molecule has 18 heavy (non-hydrogen) atoms. The van der Waals surface area contributed by atoms with Crippen molar-refractivity contribution in [2.24, 2.45) is 0 Å². The van der Waals surface area contributed by atoms with Crippen molar-refractivity contribution in [3.8, 4) is 0 Å². The second-order valence-electron chi connectivity index (χ2n) is 3.59. The summed E-state index contributed by atoms with van der Waals surface area (Å²) in [6.45, 7) is 1.65. The highest BCUT2D eigenvalue weighted by molar-refractivity contribution is 7.91. The molecule has 0 amide bonds. The Kier molecular flexibility index (Phi) is 3.76. The van der Waals surface area contributed by atoms with Gasteiger partial charge in [-0.3, -0.25) is 5.10 Å². The maximum atomic E-state index is 12.0. The van der Waals surface area contributed by atoms with Gasteiger partial charge in [-0.05, 0) is 18.6 Å². The molecule has 0 bridgehead atoms. The first-order valence-electron chi connectivity index (χ1n) is 5.07. The van der Waals surface area contributed by atoms with Crippen LogP contribution in [-0.2, 0) is 23.2 Å². The number of nitrogens with one attached hydrogen (secondary N) is 2. The molecule has 0 saturated heterocycles. The Labute approximate surface area is 108 Å². The first-order valence-corrected chi connectivity index (χ1v) is 7.37. The van der Waals surface area contributed by atoms with E-state index in [1.165, 1.54) is 6.33 Å². The summed E-state index contributed by atoms with van der Waals surface area (Å²) >= 11 is 1.06. The van der Waals surface area contributed by atoms with Gasteiger partial charge in [-0.15, -0.1) is 11.3 Å². The van der Waals surface area contributed by atoms with Crippen LogP contribution in [0.15, 0.2) is 16.6 Å². The lowest BCUT2D eigenvalue weighted by atomic mass is 10.3. The van der Waals surface area contributed by atoms with Crippen LogP contribution < -0.4 is 4.72 Å². The van der Waals surface area contributed by atoms with Crippen LogP contribution in [0.5, 0.6) is 0 Å². The third-order valence-corrected chi connectivity index (χ3v) is 5.40. The van der Waals surface area contributed by atoms with Gasteiger partial charge >= 0.3 is 0 Å². The molecule has 2 aromatic rings. The van der Waals surface area contributed by atoms with Crippen molar-refractivity contribution in [2.45, 2.75) is 24.3 Å². The van der Waals surface area contributed by atoms with E-state index in [0.29, 0.717) is 10.7 Å². The van der Waals surface area contributed by atoms with Gasteiger partial charge < -0.3 is 5.11 Å². The third-order valence-electron chi connectivity index (χ3n) is 2.30. The van der Waals surface area contributed by atoms with Crippen LogP contribution in [0, 0.1) is 6.92 Å². The van der Waals surface area contributed by atoms with Gasteiger partial charge in [-0.25, -0.2) is 18.1 Å². The number of aryl methyl sites for hydroxylation is 1. The SMILES string of the molecule is Cc1cc(S(=O)(=O)NCc2ncn[nH]2)sc1CO. The Morgan fingerprint density at radius 1 is 1.56 bits per heavy atom. The van der Waals surface area contributed by atoms with Crippen molar-refractivity contribution in [3.63, 3.8) is 0 Å². The topological polar surface area (TPSA) is 108 Å². The fraction of sp³-hybridized carbons (Fsp3) is 0.333. The number of aromatic amines is 1. The van der Waals surface area contributed by atoms with E-state index in [1.54, 1.807) is 13.0 Å². The summed E-state index contributed by atoms with van der Waals surface area (Å²) in [5, 5.41) is 15.2. The molecule has 7 nitrogen and oxygen atoms in total. The maximum Gasteiger partial charge on any atom is 0.250 e. The monoisotopic (exact) mass is 288 g/mol. The average molecular weight is 288 g/mol. The van der Waals surface area contributed by atoms with Crippen LogP contribution >= 0.6 is 11.3 Å². The summed E-state index contributed by atoms with van der Waals surface area (Å²) in [5.41, 5.74) is 0.766. The molecule has 98 valence electrons. The van der Waals surface area contributed by atoms with E-state index in [4.69, 9.17) is 5.11 Å². The molecule has 2 rings (SSSR count). The van der Waals surface area contributed by atoms with Gasteiger partial charge in [0, 0.05) is 4.88 Å². The standard InChI is InChI=1S/C9H12N4O3S2/c1-6-2-9(17-7(6)4-14)18(15,16)12-3-8-10-5-11-13-8/h2,5,12,14H,3-4H2,1H3,(H,10,11,13). The van der Waals surface area contributed by atoms with Gasteiger partial charge in [-0.2, -0.15) is 5.10 Å². The number of rotatable bonds is 5. The normalized spacial score (nSPS) is 11.9. The predicted octanol–water partition coefficient (Wildman–Crippen LogP) is 0.145. The number of sulfonamides is 1. The Morgan fingerprint density at radius 2 is 2.33 bits per heavy atom. The summed E-state index contributed by atoms with van der Waals surface area (Å²) < 4.78 is 26.5. The molecule has 9 heteroatoms. The molecule has 0 aliphatic carbocycles. The number of aliphatic hydroxyl groups excluding tert-OH is 1. The molecule has 0 radical (unpaired) electrons. The Balaban J connectivity index is 2.14. The lowest BCUT2D eigenvalue weighted by molar-refractivity contribution is 0.285. The van der Waals surface area contributed by atoms with Crippen molar-refractivity contribution in [1.29, 1.82) is 0 Å². The summed E-state index contributed by atoms with van der Waals surface area (Å²) in [7, 11) is -3.58. The number of aromatic nitrogens is 3. The Hall–Kier alpha value is -1.29. The molecule has 0 spiro atoms. The van der Waals surface area contributed by atoms with Crippen molar-refractivity contribution in [3.05, 3.63) is 28.7 Å². The first kappa shape index (κ1) is 13.1. The van der Waals surface area contributed by atoms with E-state index < -0.39 is 10.0 Å². The molecule has 3 N–H and O–H groups in total. The molecule has 0 unspecified atom stereocenters. The summed E-state index contributed by atoms with van der Waals surface area (Å²) in [5.74, 6) is 0.439. The number of hydrogen-bond acceptors (Lipinski definition) is 6. The van der Waals surface area contributed by atoms with E-state index in [1.807, 2.05) is 0 Å². The van der Waals surface area contributed by atoms with Crippen molar-refractivity contribution < 1.29 is 13.5 Å². The number of H-pyrrole nitrogens is 1. The number of thiophene rings is 1. The van der Waals surface area contributed by atoms with E-state index >= 15 is 0 Å². The largest absolute Gasteiger partial charge is 0.391 e. The number of nitrogens with zero attached hydrogens (tertiary/aromatic N) is 2. The minimum atomic E-state index is -3.58. The van der Waals surface area contributed by atoms with Crippen molar-refractivity contribution in [2.75, 3.05) is 0 Å². The van der Waals surface area contributed by atoms with Crippen molar-refractivity contribution >= 4 is 21.4 Å². The predicted molar refractivity (Wildman–Crippen MR) is 65.4 cm³/mol. The fourth-order valence-electron chi connectivity index (χ4n) is 1.33. The molecule has 0 aromatic carbocycles. The molecule has 0 fully saturated rings. The first-order chi connectivity index (χ1) is 8.53. The summed E-state index contributed by atoms with van der Waals surface area (Å²) in [4.78, 5) is 4.47. The molecule has 0 aliphatic rings. The zero-order chi connectivity index (χ0) is 13.2. The van der Waals surface area contributed by atoms with Gasteiger partial charge in [0.1, 0.15) is 16.4 Å². The zero-order valence-electron chi connectivity index (χ0n) is 9.54. The fourth-order valence-corrected chi connectivity index (χ4v) is 3.81. The minimum absolute atomic E-state index is 0.0493. The van der Waals surface area contributed by atoms with Crippen LogP contribution in [0.3, 0.4) is 0 Å². The van der Waals surface area contributed by atoms with Gasteiger partial charge in [0.2, 0.25) is 10.0 Å². The van der Waals surface area contributed by atoms with Crippen molar-refractivity contribution in [1.82, 2.24) is 19.9 Å². The van der Waals surface area contributed by atoms with Crippen LogP contribution in [0.2, 0.25) is 0 Å². The third kappa shape index (κ3) is 2.75. The molecule has 0 aliphatic heterocycles. The Bertz CT molecular complexity index is 618.